The first kappa shape index (κ1) is 19.2. The van der Waals surface area contributed by atoms with Gasteiger partial charge in [0.1, 0.15) is 12.4 Å². The third-order valence-electron chi connectivity index (χ3n) is 4.01. The largest absolute Gasteiger partial charge is 0.491 e. The van der Waals surface area contributed by atoms with Crippen molar-refractivity contribution in [3.05, 3.63) is 29.8 Å². The molecule has 1 aliphatic rings. The highest BCUT2D eigenvalue weighted by Crippen LogP contribution is 2.17. The van der Waals surface area contributed by atoms with Gasteiger partial charge < -0.3 is 19.7 Å². The van der Waals surface area contributed by atoms with Crippen LogP contribution in [-0.2, 0) is 9.53 Å². The van der Waals surface area contributed by atoms with Crippen molar-refractivity contribution < 1.29 is 19.1 Å². The quantitative estimate of drug-likeness (QED) is 0.782. The van der Waals surface area contributed by atoms with Gasteiger partial charge in [0.2, 0.25) is 5.91 Å². The highest BCUT2D eigenvalue weighted by atomic mass is 16.5. The van der Waals surface area contributed by atoms with Crippen LogP contribution in [-0.4, -0.2) is 55.2 Å². The molecule has 25 heavy (non-hydrogen) atoms. The Morgan fingerprint density at radius 1 is 1.32 bits per heavy atom. The molecule has 138 valence electrons. The van der Waals surface area contributed by atoms with Gasteiger partial charge >= 0.3 is 0 Å². The van der Waals surface area contributed by atoms with E-state index in [4.69, 9.17) is 9.47 Å². The highest BCUT2D eigenvalue weighted by Gasteiger charge is 2.18. The Morgan fingerprint density at radius 3 is 2.60 bits per heavy atom. The van der Waals surface area contributed by atoms with Gasteiger partial charge in [-0.3, -0.25) is 9.59 Å². The van der Waals surface area contributed by atoms with Crippen LogP contribution in [0.5, 0.6) is 5.75 Å². The van der Waals surface area contributed by atoms with E-state index in [2.05, 4.69) is 5.32 Å². The Morgan fingerprint density at radius 2 is 2.04 bits per heavy atom. The van der Waals surface area contributed by atoms with Crippen LogP contribution in [0.2, 0.25) is 0 Å². The summed E-state index contributed by atoms with van der Waals surface area (Å²) in [5, 5.41) is 2.80. The van der Waals surface area contributed by atoms with E-state index < -0.39 is 0 Å². The zero-order chi connectivity index (χ0) is 18.2. The molecule has 1 aromatic carbocycles. The minimum Gasteiger partial charge on any atom is -0.491 e. The second-order valence-corrected chi connectivity index (χ2v) is 6.51. The fraction of sp³-hybridized carbons (Fsp3) is 0.579. The molecule has 2 rings (SSSR count). The number of hydrogen-bond acceptors (Lipinski definition) is 4. The summed E-state index contributed by atoms with van der Waals surface area (Å²) in [5.74, 6) is 0.404. The second kappa shape index (κ2) is 9.42. The van der Waals surface area contributed by atoms with Crippen LogP contribution in [0.4, 0.5) is 0 Å². The van der Waals surface area contributed by atoms with Crippen molar-refractivity contribution in [2.45, 2.75) is 45.8 Å². The van der Waals surface area contributed by atoms with Gasteiger partial charge in [-0.05, 0) is 57.9 Å². The summed E-state index contributed by atoms with van der Waals surface area (Å²) in [4.78, 5) is 26.0. The maximum Gasteiger partial charge on any atom is 0.254 e. The molecule has 0 radical (unpaired) electrons. The summed E-state index contributed by atoms with van der Waals surface area (Å²) in [7, 11) is 0. The summed E-state index contributed by atoms with van der Waals surface area (Å²) in [6, 6.07) is 7.09. The van der Waals surface area contributed by atoms with E-state index in [0.717, 1.165) is 19.4 Å². The number of amides is 2. The fourth-order valence-electron chi connectivity index (χ4n) is 2.71. The molecule has 1 atom stereocenters. The molecule has 1 unspecified atom stereocenters. The number of nitrogens with zero attached hydrogens (tertiary/aromatic N) is 1. The Balaban J connectivity index is 1.89. The van der Waals surface area contributed by atoms with Crippen LogP contribution in [0.15, 0.2) is 24.3 Å². The molecular weight excluding hydrogens is 320 g/mol. The molecule has 6 nitrogen and oxygen atoms in total. The maximum atomic E-state index is 12.6. The number of likely N-dealkylation sites (N-methyl/N-ethyl adjacent to an activating group) is 1. The van der Waals surface area contributed by atoms with E-state index >= 15 is 0 Å². The lowest BCUT2D eigenvalue weighted by Gasteiger charge is -2.21. The Bertz CT molecular complexity index is 565. The standard InChI is InChI=1S/C19H28N2O4/c1-4-21(12-18(22)20-14(2)3)19(23)15-7-9-16(10-8-15)25-13-17-6-5-11-24-17/h7-10,14,17H,4-6,11-13H2,1-3H3,(H,20,22). The van der Waals surface area contributed by atoms with Crippen LogP contribution < -0.4 is 10.1 Å². The van der Waals surface area contributed by atoms with Crippen molar-refractivity contribution in [3.8, 4) is 5.75 Å². The summed E-state index contributed by atoms with van der Waals surface area (Å²) >= 11 is 0. The second-order valence-electron chi connectivity index (χ2n) is 6.51. The maximum absolute atomic E-state index is 12.6. The number of ether oxygens (including phenoxy) is 2. The molecule has 1 fully saturated rings. The van der Waals surface area contributed by atoms with Gasteiger partial charge in [-0.2, -0.15) is 0 Å². The van der Waals surface area contributed by atoms with Gasteiger partial charge in [0.05, 0.1) is 12.6 Å². The van der Waals surface area contributed by atoms with Gasteiger partial charge in [-0.1, -0.05) is 0 Å². The first-order valence-electron chi connectivity index (χ1n) is 8.92. The lowest BCUT2D eigenvalue weighted by molar-refractivity contribution is -0.122. The van der Waals surface area contributed by atoms with Crippen molar-refractivity contribution in [1.29, 1.82) is 0 Å². The first-order chi connectivity index (χ1) is 12.0. The van der Waals surface area contributed by atoms with E-state index in [1.807, 2.05) is 20.8 Å². The minimum atomic E-state index is -0.160. The van der Waals surface area contributed by atoms with Gasteiger partial charge in [0, 0.05) is 24.8 Å². The Hall–Kier alpha value is -2.08. The molecule has 1 saturated heterocycles. The third-order valence-corrected chi connectivity index (χ3v) is 4.01. The summed E-state index contributed by atoms with van der Waals surface area (Å²) < 4.78 is 11.2. The molecule has 2 amide bonds. The van der Waals surface area contributed by atoms with Crippen LogP contribution in [0.1, 0.15) is 44.0 Å². The molecule has 0 bridgehead atoms. The zero-order valence-electron chi connectivity index (χ0n) is 15.3. The van der Waals surface area contributed by atoms with E-state index in [-0.39, 0.29) is 30.5 Å². The molecule has 0 aromatic heterocycles. The van der Waals surface area contributed by atoms with E-state index in [9.17, 15) is 9.59 Å². The van der Waals surface area contributed by atoms with Crippen LogP contribution in [0, 0.1) is 0 Å². The van der Waals surface area contributed by atoms with Crippen molar-refractivity contribution in [3.63, 3.8) is 0 Å². The van der Waals surface area contributed by atoms with Crippen molar-refractivity contribution in [2.24, 2.45) is 0 Å². The number of carbonyl (C=O) groups is 2. The number of rotatable bonds is 8. The molecule has 0 spiro atoms. The molecule has 1 aliphatic heterocycles. The highest BCUT2D eigenvalue weighted by molar-refractivity contribution is 5.96. The average molecular weight is 348 g/mol. The van der Waals surface area contributed by atoms with E-state index in [0.29, 0.717) is 24.5 Å². The van der Waals surface area contributed by atoms with E-state index in [1.165, 1.54) is 4.90 Å². The Labute approximate surface area is 149 Å². The summed E-state index contributed by atoms with van der Waals surface area (Å²) in [6.07, 6.45) is 2.27. The molecule has 1 N–H and O–H groups in total. The van der Waals surface area contributed by atoms with Crippen molar-refractivity contribution in [1.82, 2.24) is 10.2 Å². The van der Waals surface area contributed by atoms with Crippen molar-refractivity contribution >= 4 is 11.8 Å². The first-order valence-corrected chi connectivity index (χ1v) is 8.92. The summed E-state index contributed by atoms with van der Waals surface area (Å²) in [6.45, 7) is 7.52. The van der Waals surface area contributed by atoms with E-state index in [1.54, 1.807) is 24.3 Å². The smallest absolute Gasteiger partial charge is 0.254 e. The number of benzene rings is 1. The minimum absolute atomic E-state index is 0.0570. The zero-order valence-corrected chi connectivity index (χ0v) is 15.3. The number of hydrogen-bond donors (Lipinski definition) is 1. The third kappa shape index (κ3) is 6.05. The van der Waals surface area contributed by atoms with Crippen LogP contribution >= 0.6 is 0 Å². The lowest BCUT2D eigenvalue weighted by atomic mass is 10.2. The molecule has 0 saturated carbocycles. The van der Waals surface area contributed by atoms with Gasteiger partial charge in [0.15, 0.2) is 0 Å². The predicted octanol–water partition coefficient (Wildman–Crippen LogP) is 2.23. The number of carbonyl (C=O) groups excluding carboxylic acids is 2. The van der Waals surface area contributed by atoms with Gasteiger partial charge in [-0.25, -0.2) is 0 Å². The summed E-state index contributed by atoms with van der Waals surface area (Å²) in [5.41, 5.74) is 0.545. The number of nitrogens with one attached hydrogen (secondary N) is 1. The molecule has 0 aliphatic carbocycles. The van der Waals surface area contributed by atoms with Gasteiger partial charge in [0.25, 0.3) is 5.91 Å². The van der Waals surface area contributed by atoms with Crippen LogP contribution in [0.3, 0.4) is 0 Å². The molecule has 1 heterocycles. The Kier molecular flexibility index (Phi) is 7.25. The molecular formula is C19H28N2O4. The normalized spacial score (nSPS) is 16.7. The SMILES string of the molecule is CCN(CC(=O)NC(C)C)C(=O)c1ccc(OCC2CCCO2)cc1. The lowest BCUT2D eigenvalue weighted by Crippen LogP contribution is -2.42. The monoisotopic (exact) mass is 348 g/mol. The van der Waals surface area contributed by atoms with Crippen LogP contribution in [0.25, 0.3) is 0 Å². The van der Waals surface area contributed by atoms with Gasteiger partial charge in [-0.15, -0.1) is 0 Å². The predicted molar refractivity (Wildman–Crippen MR) is 95.8 cm³/mol. The molecule has 1 aromatic rings. The topological polar surface area (TPSA) is 67.9 Å². The van der Waals surface area contributed by atoms with Crippen molar-refractivity contribution in [2.75, 3.05) is 26.3 Å². The molecule has 6 heteroatoms. The fourth-order valence-corrected chi connectivity index (χ4v) is 2.71. The average Bonchev–Trinajstić information content (AvgIpc) is 3.10.